The summed E-state index contributed by atoms with van der Waals surface area (Å²) in [6.07, 6.45) is 0. The van der Waals surface area contributed by atoms with Crippen LogP contribution in [0.15, 0.2) is 48.5 Å². The lowest BCUT2D eigenvalue weighted by Crippen LogP contribution is -2.00. The first-order valence-corrected chi connectivity index (χ1v) is 5.91. The van der Waals surface area contributed by atoms with Crippen molar-refractivity contribution in [2.45, 2.75) is 0 Å². The van der Waals surface area contributed by atoms with Crippen molar-refractivity contribution in [3.63, 3.8) is 0 Å². The predicted octanol–water partition coefficient (Wildman–Crippen LogP) is 3.02. The Balaban J connectivity index is 2.09. The fourth-order valence-electron chi connectivity index (χ4n) is 2.00. The van der Waals surface area contributed by atoms with Gasteiger partial charge in [-0.3, -0.25) is 0 Å². The minimum atomic E-state index is -0.390. The fraction of sp³-hybridized carbons (Fsp3) is 0.0667. The number of carbonyl (C=O) groups is 1. The summed E-state index contributed by atoms with van der Waals surface area (Å²) in [5.74, 6) is -0.390. The van der Waals surface area contributed by atoms with Gasteiger partial charge in [-0.15, -0.1) is 0 Å². The summed E-state index contributed by atoms with van der Waals surface area (Å²) in [7, 11) is 1.36. The zero-order valence-electron chi connectivity index (χ0n) is 10.4. The van der Waals surface area contributed by atoms with Crippen molar-refractivity contribution in [2.24, 2.45) is 0 Å². The maximum absolute atomic E-state index is 11.5. The molecule has 0 fully saturated rings. The lowest BCUT2D eigenvalue weighted by Gasteiger charge is -1.99. The monoisotopic (exact) mass is 252 g/mol. The number of benzene rings is 1. The molecule has 0 spiro atoms. The van der Waals surface area contributed by atoms with Crippen LogP contribution in [0.3, 0.4) is 0 Å². The normalized spacial score (nSPS) is 10.6. The quantitative estimate of drug-likeness (QED) is 0.713. The van der Waals surface area contributed by atoms with Crippen LogP contribution in [-0.2, 0) is 4.74 Å². The summed E-state index contributed by atoms with van der Waals surface area (Å²) >= 11 is 0. The van der Waals surface area contributed by atoms with E-state index in [9.17, 15) is 4.79 Å². The molecule has 0 saturated heterocycles. The molecule has 0 aliphatic heterocycles. The average Bonchev–Trinajstić information content (AvgIpc) is 2.90. The number of aromatic amines is 1. The van der Waals surface area contributed by atoms with Gasteiger partial charge in [-0.05, 0) is 18.2 Å². The second kappa shape index (κ2) is 4.57. The number of methoxy groups -OCH3 is 1. The van der Waals surface area contributed by atoms with Crippen LogP contribution in [0.5, 0.6) is 0 Å². The number of hydrogen-bond donors (Lipinski definition) is 1. The van der Waals surface area contributed by atoms with Crippen molar-refractivity contribution in [1.29, 1.82) is 0 Å². The van der Waals surface area contributed by atoms with Gasteiger partial charge in [0.25, 0.3) is 0 Å². The Morgan fingerprint density at radius 1 is 1.16 bits per heavy atom. The number of hydrogen-bond acceptors (Lipinski definition) is 3. The van der Waals surface area contributed by atoms with Crippen LogP contribution in [-0.4, -0.2) is 23.0 Å². The lowest BCUT2D eigenvalue weighted by molar-refractivity contribution is 0.0595. The number of pyridine rings is 1. The average molecular weight is 252 g/mol. The summed E-state index contributed by atoms with van der Waals surface area (Å²) in [4.78, 5) is 18.9. The first-order valence-electron chi connectivity index (χ1n) is 5.91. The van der Waals surface area contributed by atoms with Gasteiger partial charge in [-0.1, -0.05) is 30.3 Å². The first kappa shape index (κ1) is 11.5. The number of nitrogens with zero attached hydrogens (tertiary/aromatic N) is 1. The molecule has 4 heteroatoms. The van der Waals surface area contributed by atoms with Crippen LogP contribution in [0.1, 0.15) is 10.5 Å². The third-order valence-electron chi connectivity index (χ3n) is 2.95. The van der Waals surface area contributed by atoms with E-state index in [4.69, 9.17) is 0 Å². The third-order valence-corrected chi connectivity index (χ3v) is 2.95. The smallest absolute Gasteiger partial charge is 0.354 e. The van der Waals surface area contributed by atoms with Crippen LogP contribution in [0.25, 0.3) is 22.3 Å². The largest absolute Gasteiger partial charge is 0.464 e. The lowest BCUT2D eigenvalue weighted by atomic mass is 10.1. The molecular formula is C15H12N2O2. The Morgan fingerprint density at radius 3 is 2.68 bits per heavy atom. The van der Waals surface area contributed by atoms with E-state index in [0.717, 1.165) is 16.6 Å². The molecule has 0 amide bonds. The summed E-state index contributed by atoms with van der Waals surface area (Å²) in [6, 6.07) is 15.5. The molecule has 1 aromatic carbocycles. The van der Waals surface area contributed by atoms with Gasteiger partial charge in [0.15, 0.2) is 0 Å². The van der Waals surface area contributed by atoms with Crippen molar-refractivity contribution in [3.05, 3.63) is 54.2 Å². The Bertz CT molecular complexity index is 732. The summed E-state index contributed by atoms with van der Waals surface area (Å²) < 4.78 is 4.68. The Morgan fingerprint density at radius 2 is 1.95 bits per heavy atom. The predicted molar refractivity (Wildman–Crippen MR) is 72.9 cm³/mol. The molecule has 3 rings (SSSR count). The molecule has 0 aliphatic carbocycles. The molecule has 19 heavy (non-hydrogen) atoms. The van der Waals surface area contributed by atoms with Gasteiger partial charge < -0.3 is 9.72 Å². The number of carbonyl (C=O) groups excluding carboxylic acids is 1. The summed E-state index contributed by atoms with van der Waals surface area (Å²) in [6.45, 7) is 0. The third kappa shape index (κ3) is 2.08. The highest BCUT2D eigenvalue weighted by Crippen LogP contribution is 2.21. The van der Waals surface area contributed by atoms with Crippen molar-refractivity contribution in [1.82, 2.24) is 9.97 Å². The maximum atomic E-state index is 11.5. The van der Waals surface area contributed by atoms with E-state index in [1.165, 1.54) is 7.11 Å². The van der Waals surface area contributed by atoms with E-state index < -0.39 is 0 Å². The first-order chi connectivity index (χ1) is 9.28. The Hall–Kier alpha value is -2.62. The molecular weight excluding hydrogens is 240 g/mol. The fourth-order valence-corrected chi connectivity index (χ4v) is 2.00. The Kier molecular flexibility index (Phi) is 2.76. The number of aromatic nitrogens is 2. The maximum Gasteiger partial charge on any atom is 0.354 e. The van der Waals surface area contributed by atoms with Crippen molar-refractivity contribution >= 4 is 17.0 Å². The molecule has 94 valence electrons. The second-order valence-corrected chi connectivity index (χ2v) is 4.17. The molecule has 1 N–H and O–H groups in total. The second-order valence-electron chi connectivity index (χ2n) is 4.17. The molecule has 0 aliphatic rings. The van der Waals surface area contributed by atoms with Gasteiger partial charge in [-0.2, -0.15) is 0 Å². The van der Waals surface area contributed by atoms with Gasteiger partial charge in [0.2, 0.25) is 0 Å². The van der Waals surface area contributed by atoms with E-state index in [1.54, 1.807) is 6.07 Å². The van der Waals surface area contributed by atoms with E-state index in [-0.39, 0.29) is 5.97 Å². The van der Waals surface area contributed by atoms with Gasteiger partial charge in [0, 0.05) is 10.9 Å². The molecule has 0 radical (unpaired) electrons. The molecule has 4 nitrogen and oxygen atoms in total. The molecule has 0 bridgehead atoms. The van der Waals surface area contributed by atoms with Crippen LogP contribution >= 0.6 is 0 Å². The topological polar surface area (TPSA) is 55.0 Å². The van der Waals surface area contributed by atoms with Gasteiger partial charge in [0.1, 0.15) is 11.3 Å². The van der Waals surface area contributed by atoms with Crippen molar-refractivity contribution < 1.29 is 9.53 Å². The van der Waals surface area contributed by atoms with E-state index in [1.807, 2.05) is 42.5 Å². The zero-order valence-corrected chi connectivity index (χ0v) is 10.4. The molecule has 3 aromatic rings. The molecule has 0 atom stereocenters. The molecule has 0 unspecified atom stereocenters. The van der Waals surface area contributed by atoms with Crippen LogP contribution in [0.2, 0.25) is 0 Å². The van der Waals surface area contributed by atoms with E-state index in [0.29, 0.717) is 11.3 Å². The number of ether oxygens (including phenoxy) is 1. The van der Waals surface area contributed by atoms with Crippen molar-refractivity contribution in [3.8, 4) is 11.3 Å². The highest BCUT2D eigenvalue weighted by atomic mass is 16.5. The standard InChI is InChI=1S/C15H12N2O2/c1-19-15(18)13-9-11-7-8-12(16-14(11)17-13)10-5-3-2-4-6-10/h2-9H,1H3,(H,16,17). The zero-order chi connectivity index (χ0) is 13.2. The summed E-state index contributed by atoms with van der Waals surface area (Å²) in [5, 5.41) is 0.889. The van der Waals surface area contributed by atoms with Crippen LogP contribution < -0.4 is 0 Å². The molecule has 2 aromatic heterocycles. The summed E-state index contributed by atoms with van der Waals surface area (Å²) in [5.41, 5.74) is 3.00. The van der Waals surface area contributed by atoms with Crippen molar-refractivity contribution in [2.75, 3.05) is 7.11 Å². The van der Waals surface area contributed by atoms with Crippen LogP contribution in [0, 0.1) is 0 Å². The number of nitrogens with one attached hydrogen (secondary N) is 1. The molecule has 2 heterocycles. The van der Waals surface area contributed by atoms with Crippen LogP contribution in [0.4, 0.5) is 0 Å². The minimum absolute atomic E-state index is 0.390. The SMILES string of the molecule is COC(=O)c1cc2ccc(-c3ccccc3)nc2[nH]1. The number of esters is 1. The highest BCUT2D eigenvalue weighted by Gasteiger charge is 2.10. The highest BCUT2D eigenvalue weighted by molar-refractivity contribution is 5.94. The van der Waals surface area contributed by atoms with Gasteiger partial charge >= 0.3 is 5.97 Å². The number of H-pyrrole nitrogens is 1. The van der Waals surface area contributed by atoms with Gasteiger partial charge in [0.05, 0.1) is 12.8 Å². The van der Waals surface area contributed by atoms with E-state index >= 15 is 0 Å². The van der Waals surface area contributed by atoms with Gasteiger partial charge in [-0.25, -0.2) is 9.78 Å². The number of fused-ring (bicyclic) bond motifs is 1. The van der Waals surface area contributed by atoms with E-state index in [2.05, 4.69) is 14.7 Å². The number of rotatable bonds is 2. The molecule has 0 saturated carbocycles. The Labute approximate surface area is 110 Å². The minimum Gasteiger partial charge on any atom is -0.464 e.